The summed E-state index contributed by atoms with van der Waals surface area (Å²) in [5, 5.41) is 0. The number of ether oxygens (including phenoxy) is 1. The minimum atomic E-state index is -0.231. The summed E-state index contributed by atoms with van der Waals surface area (Å²) < 4.78 is 5.19. The first kappa shape index (κ1) is 14.7. The van der Waals surface area contributed by atoms with E-state index in [9.17, 15) is 4.79 Å². The van der Waals surface area contributed by atoms with Crippen molar-refractivity contribution < 1.29 is 9.53 Å². The molecule has 0 radical (unpaired) electrons. The van der Waals surface area contributed by atoms with Crippen molar-refractivity contribution in [2.24, 2.45) is 11.3 Å². The van der Waals surface area contributed by atoms with Crippen LogP contribution in [0.3, 0.4) is 0 Å². The quantitative estimate of drug-likeness (QED) is 0.750. The predicted molar refractivity (Wildman–Crippen MR) is 74.7 cm³/mol. The first-order valence-electron chi connectivity index (χ1n) is 6.54. The van der Waals surface area contributed by atoms with Gasteiger partial charge in [0.2, 0.25) is 0 Å². The van der Waals surface area contributed by atoms with Gasteiger partial charge in [-0.3, -0.25) is 0 Å². The molecule has 0 spiro atoms. The van der Waals surface area contributed by atoms with E-state index in [0.29, 0.717) is 18.1 Å². The van der Waals surface area contributed by atoms with E-state index in [1.807, 2.05) is 38.1 Å². The summed E-state index contributed by atoms with van der Waals surface area (Å²) in [4.78, 5) is 11.7. The Balaban J connectivity index is 2.62. The minimum absolute atomic E-state index is 0.231. The Morgan fingerprint density at radius 3 is 2.17 bits per heavy atom. The Bertz CT molecular complexity index is 383. The average molecular weight is 248 g/mol. The maximum atomic E-state index is 11.7. The van der Waals surface area contributed by atoms with E-state index in [1.165, 1.54) is 5.56 Å². The van der Waals surface area contributed by atoms with Gasteiger partial charge in [0.25, 0.3) is 0 Å². The van der Waals surface area contributed by atoms with Gasteiger partial charge >= 0.3 is 5.97 Å². The largest absolute Gasteiger partial charge is 0.462 e. The van der Waals surface area contributed by atoms with E-state index >= 15 is 0 Å². The summed E-state index contributed by atoms with van der Waals surface area (Å²) in [7, 11) is 0. The molecule has 1 aromatic carbocycles. The molecule has 0 aromatic heterocycles. The van der Waals surface area contributed by atoms with Crippen LogP contribution in [0, 0.1) is 11.3 Å². The number of benzene rings is 1. The highest BCUT2D eigenvalue weighted by Crippen LogP contribution is 2.20. The maximum Gasteiger partial charge on any atom is 0.338 e. The zero-order valence-corrected chi connectivity index (χ0v) is 12.1. The van der Waals surface area contributed by atoms with Gasteiger partial charge in [0, 0.05) is 0 Å². The third-order valence-electron chi connectivity index (χ3n) is 2.47. The predicted octanol–water partition coefficient (Wildman–Crippen LogP) is 4.09. The molecule has 0 aliphatic heterocycles. The lowest BCUT2D eigenvalue weighted by molar-refractivity contribution is 0.0459. The topological polar surface area (TPSA) is 26.3 Å². The summed E-state index contributed by atoms with van der Waals surface area (Å²) >= 11 is 0. The second-order valence-electron chi connectivity index (χ2n) is 6.43. The molecule has 0 bridgehead atoms. The van der Waals surface area contributed by atoms with Gasteiger partial charge in [-0.25, -0.2) is 4.79 Å². The van der Waals surface area contributed by atoms with E-state index in [0.717, 1.165) is 6.42 Å². The summed E-state index contributed by atoms with van der Waals surface area (Å²) in [6, 6.07) is 7.72. The molecule has 0 saturated carbocycles. The van der Waals surface area contributed by atoms with E-state index in [2.05, 4.69) is 20.8 Å². The first-order chi connectivity index (χ1) is 8.28. The van der Waals surface area contributed by atoms with Gasteiger partial charge in [0.1, 0.15) is 0 Å². The zero-order valence-electron chi connectivity index (χ0n) is 12.1. The van der Waals surface area contributed by atoms with E-state index < -0.39 is 0 Å². The molecule has 0 fully saturated rings. The maximum absolute atomic E-state index is 11.7. The van der Waals surface area contributed by atoms with Gasteiger partial charge < -0.3 is 4.74 Å². The second kappa shape index (κ2) is 6.03. The number of carbonyl (C=O) groups is 1. The van der Waals surface area contributed by atoms with Crippen LogP contribution in [0.25, 0.3) is 0 Å². The normalized spacial score (nSPS) is 11.7. The van der Waals surface area contributed by atoms with Crippen LogP contribution in [0.4, 0.5) is 0 Å². The van der Waals surface area contributed by atoms with Crippen molar-refractivity contribution in [3.05, 3.63) is 35.4 Å². The fraction of sp³-hybridized carbons (Fsp3) is 0.562. The van der Waals surface area contributed by atoms with E-state index in [4.69, 9.17) is 4.74 Å². The second-order valence-corrected chi connectivity index (χ2v) is 6.43. The first-order valence-corrected chi connectivity index (χ1v) is 6.54. The van der Waals surface area contributed by atoms with Crippen LogP contribution in [0.1, 0.15) is 50.5 Å². The lowest BCUT2D eigenvalue weighted by atomic mass is 9.88. The van der Waals surface area contributed by atoms with Crippen molar-refractivity contribution in [1.82, 2.24) is 0 Å². The molecule has 18 heavy (non-hydrogen) atoms. The Hall–Kier alpha value is -1.31. The van der Waals surface area contributed by atoms with E-state index in [-0.39, 0.29) is 11.4 Å². The standard InChI is InChI=1S/C16H24O2/c1-12(2)11-18-15(17)14-8-6-13(7-9-14)10-16(3,4)5/h6-9,12H,10-11H2,1-5H3. The molecule has 0 atom stereocenters. The molecule has 0 aliphatic rings. The van der Waals surface area contributed by atoms with Crippen LogP contribution in [-0.4, -0.2) is 12.6 Å². The van der Waals surface area contributed by atoms with Crippen molar-refractivity contribution >= 4 is 5.97 Å². The van der Waals surface area contributed by atoms with Gasteiger partial charge in [0.05, 0.1) is 12.2 Å². The molecule has 0 heterocycles. The Labute approximate surface area is 110 Å². The van der Waals surface area contributed by atoms with Gasteiger partial charge in [-0.15, -0.1) is 0 Å². The third kappa shape index (κ3) is 5.35. The van der Waals surface area contributed by atoms with Crippen LogP contribution in [0.2, 0.25) is 0 Å². The average Bonchev–Trinajstić information content (AvgIpc) is 2.24. The fourth-order valence-corrected chi connectivity index (χ4v) is 1.70. The molecule has 0 saturated heterocycles. The summed E-state index contributed by atoms with van der Waals surface area (Å²) in [6.45, 7) is 11.1. The monoisotopic (exact) mass is 248 g/mol. The number of hydrogen-bond donors (Lipinski definition) is 0. The van der Waals surface area contributed by atoms with Gasteiger partial charge in [-0.1, -0.05) is 46.8 Å². The van der Waals surface area contributed by atoms with Gasteiger partial charge in [-0.05, 0) is 35.4 Å². The number of rotatable bonds is 4. The fourth-order valence-electron chi connectivity index (χ4n) is 1.70. The Kier molecular flexibility index (Phi) is 4.94. The number of carbonyl (C=O) groups excluding carboxylic acids is 1. The highest BCUT2D eigenvalue weighted by atomic mass is 16.5. The molecular weight excluding hydrogens is 224 g/mol. The van der Waals surface area contributed by atoms with Gasteiger partial charge in [0.15, 0.2) is 0 Å². The van der Waals surface area contributed by atoms with Crippen molar-refractivity contribution in [2.45, 2.75) is 41.0 Å². The molecule has 0 amide bonds. The molecule has 0 unspecified atom stereocenters. The van der Waals surface area contributed by atoms with Crippen molar-refractivity contribution in [3.63, 3.8) is 0 Å². The number of esters is 1. The molecule has 2 nitrogen and oxygen atoms in total. The zero-order chi connectivity index (χ0) is 13.8. The lowest BCUT2D eigenvalue weighted by Crippen LogP contribution is -2.11. The highest BCUT2D eigenvalue weighted by molar-refractivity contribution is 5.89. The van der Waals surface area contributed by atoms with E-state index in [1.54, 1.807) is 0 Å². The van der Waals surface area contributed by atoms with Crippen LogP contribution in [0.15, 0.2) is 24.3 Å². The van der Waals surface area contributed by atoms with Crippen molar-refractivity contribution in [3.8, 4) is 0 Å². The third-order valence-corrected chi connectivity index (χ3v) is 2.47. The van der Waals surface area contributed by atoms with Crippen LogP contribution >= 0.6 is 0 Å². The highest BCUT2D eigenvalue weighted by Gasteiger charge is 2.12. The molecular formula is C16H24O2. The molecule has 0 N–H and O–H groups in total. The van der Waals surface area contributed by atoms with Crippen LogP contribution in [0.5, 0.6) is 0 Å². The summed E-state index contributed by atoms with van der Waals surface area (Å²) in [5.74, 6) is 0.139. The lowest BCUT2D eigenvalue weighted by Gasteiger charge is -2.18. The minimum Gasteiger partial charge on any atom is -0.462 e. The Morgan fingerprint density at radius 2 is 1.72 bits per heavy atom. The molecule has 1 rings (SSSR count). The molecule has 100 valence electrons. The van der Waals surface area contributed by atoms with Crippen molar-refractivity contribution in [1.29, 1.82) is 0 Å². The van der Waals surface area contributed by atoms with Crippen LogP contribution < -0.4 is 0 Å². The summed E-state index contributed by atoms with van der Waals surface area (Å²) in [5.41, 5.74) is 2.15. The smallest absolute Gasteiger partial charge is 0.338 e. The molecule has 1 aromatic rings. The molecule has 0 aliphatic carbocycles. The Morgan fingerprint density at radius 1 is 1.17 bits per heavy atom. The SMILES string of the molecule is CC(C)COC(=O)c1ccc(CC(C)(C)C)cc1. The van der Waals surface area contributed by atoms with Crippen molar-refractivity contribution in [2.75, 3.05) is 6.61 Å². The van der Waals surface area contributed by atoms with Crippen LogP contribution in [-0.2, 0) is 11.2 Å². The number of hydrogen-bond acceptors (Lipinski definition) is 2. The summed E-state index contributed by atoms with van der Waals surface area (Å²) in [6.07, 6.45) is 1.01. The van der Waals surface area contributed by atoms with Gasteiger partial charge in [-0.2, -0.15) is 0 Å². The molecule has 2 heteroatoms.